The Kier molecular flexibility index (Phi) is 1.96. The van der Waals surface area contributed by atoms with Crippen LogP contribution in [0.3, 0.4) is 0 Å². The van der Waals surface area contributed by atoms with Crippen molar-refractivity contribution in [2.45, 2.75) is 0 Å². The molecular weight excluding hydrogens is 268 g/mol. The van der Waals surface area contributed by atoms with Crippen molar-refractivity contribution in [3.8, 4) is 0 Å². The zero-order chi connectivity index (χ0) is 8.55. The third kappa shape index (κ3) is 1.29. The fourth-order valence-corrected chi connectivity index (χ4v) is 1.54. The maximum atomic E-state index is 13.1. The van der Waals surface area contributed by atoms with Crippen molar-refractivity contribution < 1.29 is 4.39 Å². The molecule has 0 bridgehead atoms. The molecule has 0 atom stereocenters. The number of aromatic nitrogens is 1. The van der Waals surface area contributed by atoms with E-state index < -0.39 is 0 Å². The van der Waals surface area contributed by atoms with Gasteiger partial charge in [-0.25, -0.2) is 4.39 Å². The van der Waals surface area contributed by atoms with E-state index in [2.05, 4.69) is 27.6 Å². The number of halogens is 2. The Balaban J connectivity index is 2.88. The van der Waals surface area contributed by atoms with E-state index in [9.17, 15) is 4.39 Å². The van der Waals surface area contributed by atoms with E-state index in [0.29, 0.717) is 10.9 Å². The van der Waals surface area contributed by atoms with E-state index in [-0.39, 0.29) is 5.82 Å². The highest BCUT2D eigenvalue weighted by molar-refractivity contribution is 14.1. The minimum absolute atomic E-state index is 0.210. The molecular formula is C9H5FIN. The Hall–Kier alpha value is -0.710. The van der Waals surface area contributed by atoms with Crippen LogP contribution in [-0.4, -0.2) is 4.98 Å². The lowest BCUT2D eigenvalue weighted by Gasteiger charge is -1.97. The molecule has 2 rings (SSSR count). The Labute approximate surface area is 82.8 Å². The molecule has 1 aromatic heterocycles. The van der Waals surface area contributed by atoms with Gasteiger partial charge in [0.05, 0.1) is 5.52 Å². The molecule has 0 amide bonds. The van der Waals surface area contributed by atoms with Crippen LogP contribution < -0.4 is 0 Å². The molecule has 60 valence electrons. The standard InChI is InChI=1S/C9H5FIN/c10-8-2-1-3-9-7(8)4-6(11)5-12-9/h1-5H. The molecule has 0 aliphatic heterocycles. The summed E-state index contributed by atoms with van der Waals surface area (Å²) in [5, 5.41) is 0.587. The maximum absolute atomic E-state index is 13.1. The Morgan fingerprint density at radius 3 is 3.00 bits per heavy atom. The van der Waals surface area contributed by atoms with Gasteiger partial charge < -0.3 is 0 Å². The molecule has 0 fully saturated rings. The highest BCUT2D eigenvalue weighted by Crippen LogP contribution is 2.17. The van der Waals surface area contributed by atoms with Gasteiger partial charge >= 0.3 is 0 Å². The first-order chi connectivity index (χ1) is 5.77. The molecule has 1 nitrogen and oxygen atoms in total. The monoisotopic (exact) mass is 273 g/mol. The largest absolute Gasteiger partial charge is 0.255 e. The van der Waals surface area contributed by atoms with Gasteiger partial charge in [-0.2, -0.15) is 0 Å². The van der Waals surface area contributed by atoms with Crippen LogP contribution >= 0.6 is 22.6 Å². The molecule has 12 heavy (non-hydrogen) atoms. The van der Waals surface area contributed by atoms with Crippen LogP contribution in [0.25, 0.3) is 10.9 Å². The van der Waals surface area contributed by atoms with Crippen molar-refractivity contribution in [2.75, 3.05) is 0 Å². The number of rotatable bonds is 0. The quantitative estimate of drug-likeness (QED) is 0.672. The van der Waals surface area contributed by atoms with E-state index in [1.54, 1.807) is 24.4 Å². The smallest absolute Gasteiger partial charge is 0.132 e. The van der Waals surface area contributed by atoms with Gasteiger partial charge in [0.25, 0.3) is 0 Å². The first kappa shape index (κ1) is 7.91. The molecule has 1 aromatic carbocycles. The zero-order valence-corrected chi connectivity index (χ0v) is 8.25. The highest BCUT2D eigenvalue weighted by Gasteiger charge is 2.00. The zero-order valence-electron chi connectivity index (χ0n) is 6.09. The molecule has 2 aromatic rings. The molecule has 3 heteroatoms. The predicted molar refractivity (Wildman–Crippen MR) is 54.4 cm³/mol. The maximum Gasteiger partial charge on any atom is 0.132 e. The van der Waals surface area contributed by atoms with Crippen LogP contribution in [0.5, 0.6) is 0 Å². The summed E-state index contributed by atoms with van der Waals surface area (Å²) >= 11 is 2.12. The second-order valence-electron chi connectivity index (χ2n) is 2.46. The highest BCUT2D eigenvalue weighted by atomic mass is 127. The van der Waals surface area contributed by atoms with Gasteiger partial charge in [0.15, 0.2) is 0 Å². The summed E-state index contributed by atoms with van der Waals surface area (Å²) in [6.45, 7) is 0. The minimum Gasteiger partial charge on any atom is -0.255 e. The van der Waals surface area contributed by atoms with Crippen molar-refractivity contribution in [1.82, 2.24) is 4.98 Å². The first-order valence-electron chi connectivity index (χ1n) is 3.47. The van der Waals surface area contributed by atoms with Gasteiger partial charge in [-0.3, -0.25) is 4.98 Å². The SMILES string of the molecule is Fc1cccc2ncc(I)cc12. The predicted octanol–water partition coefficient (Wildman–Crippen LogP) is 2.98. The van der Waals surface area contributed by atoms with Gasteiger partial charge in [0.2, 0.25) is 0 Å². The van der Waals surface area contributed by atoms with Crippen LogP contribution in [0.1, 0.15) is 0 Å². The average Bonchev–Trinajstić information content (AvgIpc) is 2.07. The summed E-state index contributed by atoms with van der Waals surface area (Å²) in [4.78, 5) is 4.09. The number of benzene rings is 1. The fourth-order valence-electron chi connectivity index (χ4n) is 1.09. The first-order valence-corrected chi connectivity index (χ1v) is 4.55. The van der Waals surface area contributed by atoms with Gasteiger partial charge in [0.1, 0.15) is 5.82 Å². The fraction of sp³-hybridized carbons (Fsp3) is 0. The Bertz CT molecular complexity index is 428. The second kappa shape index (κ2) is 2.97. The topological polar surface area (TPSA) is 12.9 Å². The molecule has 0 radical (unpaired) electrons. The van der Waals surface area contributed by atoms with Gasteiger partial charge in [0, 0.05) is 15.2 Å². The second-order valence-corrected chi connectivity index (χ2v) is 3.71. The summed E-state index contributed by atoms with van der Waals surface area (Å²) in [6, 6.07) is 6.70. The molecule has 0 unspecified atom stereocenters. The molecule has 1 heterocycles. The molecule has 0 aliphatic carbocycles. The van der Waals surface area contributed by atoms with Crippen LogP contribution in [0.15, 0.2) is 30.5 Å². The lowest BCUT2D eigenvalue weighted by molar-refractivity contribution is 0.639. The number of hydrogen-bond acceptors (Lipinski definition) is 1. The lowest BCUT2D eigenvalue weighted by atomic mass is 10.2. The molecule has 0 aliphatic rings. The van der Waals surface area contributed by atoms with Crippen LogP contribution in [0, 0.1) is 9.39 Å². The third-order valence-electron chi connectivity index (χ3n) is 1.64. The van der Waals surface area contributed by atoms with Crippen LogP contribution in [-0.2, 0) is 0 Å². The van der Waals surface area contributed by atoms with E-state index >= 15 is 0 Å². The van der Waals surface area contributed by atoms with Gasteiger partial charge in [-0.15, -0.1) is 0 Å². The van der Waals surface area contributed by atoms with E-state index in [1.165, 1.54) is 6.07 Å². The number of nitrogens with zero attached hydrogens (tertiary/aromatic N) is 1. The van der Waals surface area contributed by atoms with Crippen LogP contribution in [0.2, 0.25) is 0 Å². The van der Waals surface area contributed by atoms with E-state index in [0.717, 1.165) is 3.57 Å². The van der Waals surface area contributed by atoms with E-state index in [1.807, 2.05) is 0 Å². The van der Waals surface area contributed by atoms with Crippen molar-refractivity contribution >= 4 is 33.5 Å². The summed E-state index contributed by atoms with van der Waals surface area (Å²) in [7, 11) is 0. The van der Waals surface area contributed by atoms with Gasteiger partial charge in [-0.1, -0.05) is 6.07 Å². The Morgan fingerprint density at radius 2 is 2.17 bits per heavy atom. The summed E-state index contributed by atoms with van der Waals surface area (Å²) in [5.74, 6) is -0.210. The van der Waals surface area contributed by atoms with Gasteiger partial charge in [-0.05, 0) is 40.8 Å². The summed E-state index contributed by atoms with van der Waals surface area (Å²) < 4.78 is 14.1. The number of fused-ring (bicyclic) bond motifs is 1. The van der Waals surface area contributed by atoms with Crippen molar-refractivity contribution in [2.24, 2.45) is 0 Å². The molecule has 0 spiro atoms. The normalized spacial score (nSPS) is 10.5. The molecule has 0 saturated carbocycles. The number of hydrogen-bond donors (Lipinski definition) is 0. The Morgan fingerprint density at radius 1 is 1.33 bits per heavy atom. The van der Waals surface area contributed by atoms with Crippen LogP contribution in [0.4, 0.5) is 4.39 Å². The molecule has 0 saturated heterocycles. The van der Waals surface area contributed by atoms with Crippen molar-refractivity contribution in [1.29, 1.82) is 0 Å². The van der Waals surface area contributed by atoms with Crippen molar-refractivity contribution in [3.05, 3.63) is 39.8 Å². The minimum atomic E-state index is -0.210. The molecule has 0 N–H and O–H groups in total. The lowest BCUT2D eigenvalue weighted by Crippen LogP contribution is -1.83. The van der Waals surface area contributed by atoms with Crippen molar-refractivity contribution in [3.63, 3.8) is 0 Å². The number of pyridine rings is 1. The summed E-state index contributed by atoms with van der Waals surface area (Å²) in [5.41, 5.74) is 0.704. The summed E-state index contributed by atoms with van der Waals surface area (Å²) in [6.07, 6.45) is 1.72. The third-order valence-corrected chi connectivity index (χ3v) is 2.23. The van der Waals surface area contributed by atoms with E-state index in [4.69, 9.17) is 0 Å². The average molecular weight is 273 g/mol.